The van der Waals surface area contributed by atoms with Crippen LogP contribution in [-0.2, 0) is 13.0 Å². The summed E-state index contributed by atoms with van der Waals surface area (Å²) in [6.07, 6.45) is 6.68. The van der Waals surface area contributed by atoms with Crippen LogP contribution in [0.4, 0.5) is 4.79 Å². The van der Waals surface area contributed by atoms with Gasteiger partial charge in [-0.2, -0.15) is 0 Å². The maximum Gasteiger partial charge on any atom is 0.317 e. The van der Waals surface area contributed by atoms with Gasteiger partial charge in [0, 0.05) is 45.0 Å². The van der Waals surface area contributed by atoms with Gasteiger partial charge < -0.3 is 19.8 Å². The Morgan fingerprint density at radius 2 is 2.26 bits per heavy atom. The fourth-order valence-electron chi connectivity index (χ4n) is 2.67. The van der Waals surface area contributed by atoms with Crippen molar-refractivity contribution in [2.24, 2.45) is 0 Å². The molecule has 0 bridgehead atoms. The summed E-state index contributed by atoms with van der Waals surface area (Å²) in [5, 5.41) is 3.32. The van der Waals surface area contributed by atoms with Crippen molar-refractivity contribution in [3.63, 3.8) is 0 Å². The Morgan fingerprint density at radius 3 is 3.00 bits per heavy atom. The molecule has 0 spiro atoms. The minimum Gasteiger partial charge on any atom is -0.336 e. The highest BCUT2D eigenvalue weighted by molar-refractivity contribution is 6.31. The normalized spacial score (nSPS) is 14.5. The number of aryl methyl sites for hydroxylation is 1. The van der Waals surface area contributed by atoms with E-state index < -0.39 is 0 Å². The molecule has 0 atom stereocenters. The predicted molar refractivity (Wildman–Crippen MR) is 88.4 cm³/mol. The van der Waals surface area contributed by atoms with Crippen LogP contribution in [0.5, 0.6) is 0 Å². The molecule has 23 heavy (non-hydrogen) atoms. The number of carbonyl (C=O) groups excluding carboxylic acids is 1. The number of hydrogen-bond acceptors (Lipinski definition) is 3. The average molecular weight is 337 g/mol. The van der Waals surface area contributed by atoms with E-state index in [0.717, 1.165) is 37.5 Å². The van der Waals surface area contributed by atoms with Crippen molar-refractivity contribution in [3.05, 3.63) is 23.4 Å². The maximum atomic E-state index is 11.6. The molecular formula is C15H21ClN6O. The van der Waals surface area contributed by atoms with Gasteiger partial charge in [-0.15, -0.1) is 0 Å². The van der Waals surface area contributed by atoms with Crippen LogP contribution in [0.25, 0.3) is 11.5 Å². The number of imidazole rings is 2. The number of unbranched alkanes of at least 4 members (excludes halogenated alkanes) is 1. The zero-order valence-electron chi connectivity index (χ0n) is 13.2. The maximum absolute atomic E-state index is 11.6. The minimum absolute atomic E-state index is 0.00804. The zero-order chi connectivity index (χ0) is 16.2. The van der Waals surface area contributed by atoms with Crippen molar-refractivity contribution in [2.75, 3.05) is 19.6 Å². The summed E-state index contributed by atoms with van der Waals surface area (Å²) in [5.41, 5.74) is 0.675. The third-order valence-corrected chi connectivity index (χ3v) is 4.23. The van der Waals surface area contributed by atoms with Crippen LogP contribution in [0.15, 0.2) is 12.4 Å². The van der Waals surface area contributed by atoms with Crippen LogP contribution in [0.2, 0.25) is 5.15 Å². The van der Waals surface area contributed by atoms with E-state index in [1.807, 2.05) is 10.8 Å². The molecular weight excluding hydrogens is 316 g/mol. The Balaban J connectivity index is 1.72. The summed E-state index contributed by atoms with van der Waals surface area (Å²) >= 11 is 6.29. The van der Waals surface area contributed by atoms with Gasteiger partial charge in [0.15, 0.2) is 5.82 Å². The number of rotatable bonds is 7. The van der Waals surface area contributed by atoms with E-state index in [4.69, 9.17) is 11.6 Å². The molecule has 0 aromatic carbocycles. The molecule has 2 amide bonds. The Labute approximate surface area is 140 Å². The van der Waals surface area contributed by atoms with Gasteiger partial charge in [0.05, 0.1) is 0 Å². The largest absolute Gasteiger partial charge is 0.336 e. The summed E-state index contributed by atoms with van der Waals surface area (Å²) in [5.74, 6) is 1.62. The van der Waals surface area contributed by atoms with E-state index in [-0.39, 0.29) is 6.03 Å². The number of carbonyl (C=O) groups is 1. The number of hydrogen-bond donors (Lipinski definition) is 2. The van der Waals surface area contributed by atoms with Crippen LogP contribution >= 0.6 is 11.6 Å². The molecule has 0 aliphatic carbocycles. The molecule has 7 nitrogen and oxygen atoms in total. The zero-order valence-corrected chi connectivity index (χ0v) is 13.9. The molecule has 8 heteroatoms. The van der Waals surface area contributed by atoms with Gasteiger partial charge in [0.2, 0.25) is 0 Å². The molecule has 2 N–H and O–H groups in total. The lowest BCUT2D eigenvalue weighted by Gasteiger charge is -2.15. The Morgan fingerprint density at radius 1 is 1.39 bits per heavy atom. The number of H-pyrrole nitrogens is 1. The monoisotopic (exact) mass is 336 g/mol. The molecule has 1 fully saturated rings. The van der Waals surface area contributed by atoms with Gasteiger partial charge in [0.1, 0.15) is 16.7 Å². The summed E-state index contributed by atoms with van der Waals surface area (Å²) < 4.78 is 1.98. The molecule has 2 aromatic rings. The average Bonchev–Trinajstić information content (AvgIpc) is 3.23. The lowest BCUT2D eigenvalue weighted by Crippen LogP contribution is -2.31. The number of amides is 2. The SMILES string of the molecule is CCCCc1nc(-c2nccn2CCN2CCNC2=O)c(Cl)[nH]1. The van der Waals surface area contributed by atoms with Crippen molar-refractivity contribution < 1.29 is 4.79 Å². The smallest absolute Gasteiger partial charge is 0.317 e. The fourth-order valence-corrected chi connectivity index (χ4v) is 2.90. The van der Waals surface area contributed by atoms with Crippen molar-refractivity contribution in [2.45, 2.75) is 32.7 Å². The first-order valence-corrected chi connectivity index (χ1v) is 8.35. The van der Waals surface area contributed by atoms with Gasteiger partial charge >= 0.3 is 6.03 Å². The van der Waals surface area contributed by atoms with Crippen molar-refractivity contribution in [1.82, 2.24) is 29.7 Å². The molecule has 0 unspecified atom stereocenters. The second kappa shape index (κ2) is 7.04. The third kappa shape index (κ3) is 3.50. The van der Waals surface area contributed by atoms with Crippen LogP contribution in [-0.4, -0.2) is 50.1 Å². The van der Waals surface area contributed by atoms with E-state index in [1.54, 1.807) is 11.1 Å². The number of halogens is 1. The van der Waals surface area contributed by atoms with Crippen LogP contribution in [0, 0.1) is 0 Å². The fraction of sp³-hybridized carbons (Fsp3) is 0.533. The van der Waals surface area contributed by atoms with Crippen LogP contribution in [0.1, 0.15) is 25.6 Å². The topological polar surface area (TPSA) is 78.8 Å². The van der Waals surface area contributed by atoms with Gasteiger partial charge in [-0.05, 0) is 6.42 Å². The number of aromatic amines is 1. The van der Waals surface area contributed by atoms with Crippen molar-refractivity contribution in [3.8, 4) is 11.5 Å². The second-order valence-electron chi connectivity index (χ2n) is 5.61. The van der Waals surface area contributed by atoms with Crippen LogP contribution in [0.3, 0.4) is 0 Å². The molecule has 0 saturated carbocycles. The Hall–Kier alpha value is -2.02. The highest BCUT2D eigenvalue weighted by Crippen LogP contribution is 2.24. The van der Waals surface area contributed by atoms with Gasteiger partial charge in [-0.1, -0.05) is 24.9 Å². The Kier molecular flexibility index (Phi) is 4.85. The van der Waals surface area contributed by atoms with Gasteiger partial charge in [-0.3, -0.25) is 0 Å². The Bertz CT molecular complexity index is 679. The first-order chi connectivity index (χ1) is 11.2. The van der Waals surface area contributed by atoms with E-state index in [2.05, 4.69) is 27.2 Å². The lowest BCUT2D eigenvalue weighted by atomic mass is 10.2. The van der Waals surface area contributed by atoms with E-state index in [0.29, 0.717) is 30.5 Å². The molecule has 3 rings (SSSR count). The minimum atomic E-state index is -0.00804. The van der Waals surface area contributed by atoms with Crippen molar-refractivity contribution >= 4 is 17.6 Å². The first-order valence-electron chi connectivity index (χ1n) is 7.97. The molecule has 3 heterocycles. The number of aromatic nitrogens is 4. The van der Waals surface area contributed by atoms with Gasteiger partial charge in [-0.25, -0.2) is 14.8 Å². The molecule has 124 valence electrons. The molecule has 2 aromatic heterocycles. The van der Waals surface area contributed by atoms with Crippen LogP contribution < -0.4 is 5.32 Å². The first kappa shape index (κ1) is 15.9. The highest BCUT2D eigenvalue weighted by atomic mass is 35.5. The molecule has 1 saturated heterocycles. The number of nitrogens with zero attached hydrogens (tertiary/aromatic N) is 4. The third-order valence-electron chi connectivity index (χ3n) is 3.96. The van der Waals surface area contributed by atoms with E-state index in [9.17, 15) is 4.79 Å². The quantitative estimate of drug-likeness (QED) is 0.814. The van der Waals surface area contributed by atoms with E-state index >= 15 is 0 Å². The van der Waals surface area contributed by atoms with E-state index in [1.165, 1.54) is 0 Å². The predicted octanol–water partition coefficient (Wildman–Crippen LogP) is 2.29. The molecule has 1 aliphatic heterocycles. The number of nitrogens with one attached hydrogen (secondary N) is 2. The standard InChI is InChI=1S/C15H21ClN6O/c1-2-3-4-11-19-12(13(16)20-11)14-17-5-7-21(14)9-10-22-8-6-18-15(22)23/h5,7H,2-4,6,8-10H2,1H3,(H,18,23)(H,19,20). The lowest BCUT2D eigenvalue weighted by molar-refractivity contribution is 0.215. The van der Waals surface area contributed by atoms with Crippen molar-refractivity contribution in [1.29, 1.82) is 0 Å². The molecule has 0 radical (unpaired) electrons. The number of urea groups is 1. The summed E-state index contributed by atoms with van der Waals surface area (Å²) in [7, 11) is 0. The molecule has 1 aliphatic rings. The second-order valence-corrected chi connectivity index (χ2v) is 5.99. The highest BCUT2D eigenvalue weighted by Gasteiger charge is 2.20. The summed E-state index contributed by atoms with van der Waals surface area (Å²) in [4.78, 5) is 25.5. The summed E-state index contributed by atoms with van der Waals surface area (Å²) in [6, 6.07) is -0.00804. The van der Waals surface area contributed by atoms with Gasteiger partial charge in [0.25, 0.3) is 0 Å². The summed E-state index contributed by atoms with van der Waals surface area (Å²) in [6.45, 7) is 4.90.